The van der Waals surface area contributed by atoms with Gasteiger partial charge in [0, 0.05) is 130 Å². The van der Waals surface area contributed by atoms with Crippen molar-refractivity contribution in [3.05, 3.63) is 144 Å². The molecule has 0 saturated carbocycles. The molecule has 0 radical (unpaired) electrons. The number of thioether (sulfide) groups is 6. The Morgan fingerprint density at radius 1 is 0.487 bits per heavy atom. The van der Waals surface area contributed by atoms with E-state index in [1.165, 1.54) is 33.4 Å². The van der Waals surface area contributed by atoms with Crippen LogP contribution in [-0.4, -0.2) is 138 Å². The smallest absolute Gasteiger partial charge is 0.223 e. The van der Waals surface area contributed by atoms with Crippen LogP contribution in [0, 0.1) is 5.41 Å². The van der Waals surface area contributed by atoms with E-state index in [1.54, 1.807) is 46.3 Å². The molecule has 3 amide bonds. The van der Waals surface area contributed by atoms with Crippen molar-refractivity contribution >= 4 is 94.3 Å². The summed E-state index contributed by atoms with van der Waals surface area (Å²) in [7, 11) is 0. The second-order valence-corrected chi connectivity index (χ2v) is 24.6. The van der Waals surface area contributed by atoms with Crippen molar-refractivity contribution in [2.24, 2.45) is 22.9 Å². The van der Waals surface area contributed by atoms with E-state index in [0.29, 0.717) is 89.8 Å². The van der Waals surface area contributed by atoms with E-state index in [-0.39, 0.29) is 23.7 Å². The first-order valence-corrected chi connectivity index (χ1v) is 33.1. The minimum absolute atomic E-state index is 0.0876. The summed E-state index contributed by atoms with van der Waals surface area (Å²) in [6.45, 7) is 17.0. The highest BCUT2D eigenvalue weighted by Crippen LogP contribution is 2.22. The van der Waals surface area contributed by atoms with E-state index in [2.05, 4.69) is 108 Å². The van der Waals surface area contributed by atoms with Gasteiger partial charge < -0.3 is 53.6 Å². The van der Waals surface area contributed by atoms with Crippen LogP contribution in [0.3, 0.4) is 0 Å². The van der Waals surface area contributed by atoms with E-state index in [9.17, 15) is 14.4 Å². The van der Waals surface area contributed by atoms with E-state index in [1.807, 2.05) is 45.1 Å². The molecule has 14 nitrogen and oxygen atoms in total. The zero-order valence-electron chi connectivity index (χ0n) is 44.8. The second kappa shape index (κ2) is 41.9. The molecule has 0 fully saturated rings. The Labute approximate surface area is 481 Å². The average Bonchev–Trinajstić information content (AvgIpc) is 3.40. The first-order valence-electron chi connectivity index (χ1n) is 26.1. The van der Waals surface area contributed by atoms with Gasteiger partial charge in [-0.1, -0.05) is 92.0 Å². The molecule has 76 heavy (non-hydrogen) atoms. The molecule has 3 rings (SSSR count). The largest absolute Gasteiger partial charge is 0.386 e. The molecule has 0 aliphatic carbocycles. The van der Waals surface area contributed by atoms with Crippen molar-refractivity contribution in [1.29, 1.82) is 5.41 Å². The third kappa shape index (κ3) is 31.9. The Balaban J connectivity index is 1.33. The number of hydrogen-bond acceptors (Lipinski definition) is 15. The molecule has 3 aromatic rings. The zero-order valence-corrected chi connectivity index (χ0v) is 49.7. The Bertz CT molecular complexity index is 2160. The molecular formula is C56H87N11O3S6. The van der Waals surface area contributed by atoms with Gasteiger partial charge in [-0.3, -0.25) is 19.8 Å². The number of amides is 3. The van der Waals surface area contributed by atoms with E-state index in [4.69, 9.17) is 28.3 Å². The fourth-order valence-corrected chi connectivity index (χ4v) is 12.9. The molecule has 0 heterocycles. The van der Waals surface area contributed by atoms with Gasteiger partial charge in [-0.2, -0.15) is 70.6 Å². The number of nitrogens with one attached hydrogen (secondary N) is 4. The standard InChI is InChI=1S/C56H87N11O3S6/c1-4-26-65(29-23-62-45(2)58)53(68)19-35-74-41-50-17-13-48(14-18-50)40-72-33-7-27-66(30-24-63-46(3)59)54(69)21-37-76-44-52-10-5-9-51(38-52)43-73-34-8-28-67(31-25-64-56(60)61)55(70)20-36-75-42-49-15-11-47(12-16-49)39-71-32-6-22-57/h4-5,9-18,38,62-63H,1-3,6-8,19-37,39-44,57-59H2,(H4,60,61,64). The highest BCUT2D eigenvalue weighted by Gasteiger charge is 2.16. The summed E-state index contributed by atoms with van der Waals surface area (Å²) in [4.78, 5) is 45.2. The summed E-state index contributed by atoms with van der Waals surface area (Å²) >= 11 is 11.0. The summed E-state index contributed by atoms with van der Waals surface area (Å²) < 4.78 is 0. The van der Waals surface area contributed by atoms with Gasteiger partial charge in [-0.05, 0) is 76.4 Å². The fourth-order valence-electron chi connectivity index (χ4n) is 7.49. The van der Waals surface area contributed by atoms with Crippen LogP contribution in [0.15, 0.2) is 110 Å². The van der Waals surface area contributed by atoms with Crippen LogP contribution >= 0.6 is 70.6 Å². The Morgan fingerprint density at radius 3 is 1.20 bits per heavy atom. The minimum Gasteiger partial charge on any atom is -0.386 e. The lowest BCUT2D eigenvalue weighted by Crippen LogP contribution is -2.41. The van der Waals surface area contributed by atoms with Gasteiger partial charge in [-0.15, -0.1) is 6.58 Å². The molecule has 0 bridgehead atoms. The van der Waals surface area contributed by atoms with Crippen molar-refractivity contribution in [3.63, 3.8) is 0 Å². The third-order valence-electron chi connectivity index (χ3n) is 11.5. The van der Waals surface area contributed by atoms with Crippen molar-refractivity contribution in [3.8, 4) is 0 Å². The van der Waals surface area contributed by atoms with Gasteiger partial charge in [0.25, 0.3) is 0 Å². The molecular weight excluding hydrogens is 1070 g/mol. The molecule has 0 aliphatic rings. The van der Waals surface area contributed by atoms with Crippen LogP contribution in [0.4, 0.5) is 0 Å². The maximum Gasteiger partial charge on any atom is 0.223 e. The maximum absolute atomic E-state index is 13.5. The van der Waals surface area contributed by atoms with E-state index < -0.39 is 0 Å². The number of hydrogen-bond donors (Lipinski definition) is 8. The predicted molar refractivity (Wildman–Crippen MR) is 336 cm³/mol. The van der Waals surface area contributed by atoms with Crippen LogP contribution in [0.25, 0.3) is 0 Å². The van der Waals surface area contributed by atoms with Gasteiger partial charge >= 0.3 is 0 Å². The summed E-state index contributed by atoms with van der Waals surface area (Å²) in [5.74, 6) is 11.7. The number of guanidine groups is 1. The lowest BCUT2D eigenvalue weighted by molar-refractivity contribution is -0.131. The monoisotopic (exact) mass is 1150 g/mol. The van der Waals surface area contributed by atoms with Crippen LogP contribution in [0.2, 0.25) is 0 Å². The van der Waals surface area contributed by atoms with Crippen molar-refractivity contribution < 1.29 is 14.4 Å². The molecule has 0 aliphatic heterocycles. The summed E-state index contributed by atoms with van der Waals surface area (Å²) in [6, 6.07) is 26.2. The van der Waals surface area contributed by atoms with Crippen LogP contribution in [-0.2, 0) is 48.9 Å². The summed E-state index contributed by atoms with van der Waals surface area (Å²) in [6.07, 6.45) is 5.99. The molecule has 20 heteroatoms. The van der Waals surface area contributed by atoms with Crippen LogP contribution in [0.1, 0.15) is 71.9 Å². The van der Waals surface area contributed by atoms with Crippen LogP contribution in [0.5, 0.6) is 0 Å². The predicted octanol–water partition coefficient (Wildman–Crippen LogP) is 7.98. The number of nitrogens with zero attached hydrogens (tertiary/aromatic N) is 3. The van der Waals surface area contributed by atoms with Gasteiger partial charge in [0.05, 0.1) is 11.6 Å². The van der Waals surface area contributed by atoms with Crippen molar-refractivity contribution in [2.45, 2.75) is 73.0 Å². The lowest BCUT2D eigenvalue weighted by atomic mass is 10.2. The molecule has 0 atom stereocenters. The molecule has 0 aromatic heterocycles. The number of benzene rings is 3. The molecule has 0 spiro atoms. The number of rotatable bonds is 45. The molecule has 12 N–H and O–H groups in total. The Morgan fingerprint density at radius 2 is 0.829 bits per heavy atom. The highest BCUT2D eigenvalue weighted by atomic mass is 32.2. The number of carbonyl (C=O) groups is 3. The highest BCUT2D eigenvalue weighted by molar-refractivity contribution is 7.99. The van der Waals surface area contributed by atoms with E-state index >= 15 is 0 Å². The summed E-state index contributed by atoms with van der Waals surface area (Å²) in [5.41, 5.74) is 30.1. The van der Waals surface area contributed by atoms with Gasteiger partial charge in [0.2, 0.25) is 17.7 Å². The molecule has 0 saturated heterocycles. The average molecular weight is 1150 g/mol. The SMILES string of the molecule is C=CCN(CCNC(=C)N)C(=O)CCSCc1ccc(CSCCCN(CCNC(=C)N)C(=O)CCSCc2cccc(CSCCCN(CCNC(=N)N)C(=O)CCSCc3ccc(CSCCCN)cc3)c2)cc1. The first-order chi connectivity index (χ1) is 36.9. The van der Waals surface area contributed by atoms with Gasteiger partial charge in [0.1, 0.15) is 0 Å². The first kappa shape index (κ1) is 66.1. The molecule has 420 valence electrons. The van der Waals surface area contributed by atoms with E-state index in [0.717, 1.165) is 94.8 Å². The van der Waals surface area contributed by atoms with Gasteiger partial charge in [-0.25, -0.2) is 0 Å². The Hall–Kier alpha value is -4.18. The number of nitrogens with two attached hydrogens (primary N) is 4. The number of carbonyl (C=O) groups excluding carboxylic acids is 3. The van der Waals surface area contributed by atoms with Gasteiger partial charge in [0.15, 0.2) is 5.96 Å². The molecule has 0 unspecified atom stereocenters. The quantitative estimate of drug-likeness (QED) is 0.0116. The topological polar surface area (TPSA) is 225 Å². The second-order valence-electron chi connectivity index (χ2n) is 18.0. The Kier molecular flexibility index (Phi) is 36.4. The third-order valence-corrected chi connectivity index (χ3v) is 18.0. The lowest BCUT2D eigenvalue weighted by Gasteiger charge is -2.23. The normalized spacial score (nSPS) is 10.9. The minimum atomic E-state index is -0.0876. The van der Waals surface area contributed by atoms with Crippen molar-refractivity contribution in [1.82, 2.24) is 30.7 Å². The molecule has 3 aromatic carbocycles. The fraction of sp³-hybridized carbons (Fsp3) is 0.500. The summed E-state index contributed by atoms with van der Waals surface area (Å²) in [5, 5.41) is 16.4. The van der Waals surface area contributed by atoms with Crippen molar-refractivity contribution in [2.75, 3.05) is 100.0 Å². The van der Waals surface area contributed by atoms with Crippen LogP contribution < -0.4 is 38.9 Å². The zero-order chi connectivity index (χ0) is 55.0. The maximum atomic E-state index is 13.5.